The number of hydrogen-bond donors (Lipinski definition) is 0. The van der Waals surface area contributed by atoms with Crippen LogP contribution >= 0.6 is 11.8 Å². The molecular formula is C11H20OS. The topological polar surface area (TPSA) is 17.1 Å². The number of carbonyl (C=O) groups is 1. The third kappa shape index (κ3) is 3.99. The molecule has 0 saturated carbocycles. The molecule has 2 heteroatoms. The zero-order valence-electron chi connectivity index (χ0n) is 9.31. The van der Waals surface area contributed by atoms with Gasteiger partial charge in [0.25, 0.3) is 0 Å². The van der Waals surface area contributed by atoms with Crippen molar-refractivity contribution in [2.75, 3.05) is 0 Å². The highest BCUT2D eigenvalue weighted by molar-refractivity contribution is 8.15. The van der Waals surface area contributed by atoms with Crippen molar-refractivity contribution < 1.29 is 4.79 Å². The fourth-order valence-electron chi connectivity index (χ4n) is 0.563. The lowest BCUT2D eigenvalue weighted by atomic mass is 9.92. The van der Waals surface area contributed by atoms with Crippen molar-refractivity contribution in [3.05, 3.63) is 12.7 Å². The summed E-state index contributed by atoms with van der Waals surface area (Å²) in [5.41, 5.74) is -0.217. The van der Waals surface area contributed by atoms with Crippen LogP contribution in [0.25, 0.3) is 0 Å². The molecule has 0 aromatic heterocycles. The summed E-state index contributed by atoms with van der Waals surface area (Å²) in [5, 5.41) is 0.250. The van der Waals surface area contributed by atoms with E-state index in [4.69, 9.17) is 0 Å². The number of rotatable bonds is 4. The van der Waals surface area contributed by atoms with Crippen LogP contribution in [0.3, 0.4) is 0 Å². The zero-order chi connectivity index (χ0) is 10.7. The maximum absolute atomic E-state index is 11.8. The minimum atomic E-state index is -0.217. The Hall–Kier alpha value is -0.240. The van der Waals surface area contributed by atoms with Gasteiger partial charge in [-0.1, -0.05) is 38.6 Å². The van der Waals surface area contributed by atoms with E-state index < -0.39 is 0 Å². The Kier molecular flexibility index (Phi) is 4.24. The molecule has 0 heterocycles. The average Bonchev–Trinajstić information content (AvgIpc) is 2.04. The van der Waals surface area contributed by atoms with Crippen LogP contribution in [0.15, 0.2) is 12.7 Å². The zero-order valence-corrected chi connectivity index (χ0v) is 10.1. The van der Waals surface area contributed by atoms with Crippen LogP contribution in [-0.4, -0.2) is 9.86 Å². The van der Waals surface area contributed by atoms with Gasteiger partial charge >= 0.3 is 0 Å². The second-order valence-corrected chi connectivity index (χ2v) is 6.06. The Morgan fingerprint density at radius 3 is 2.15 bits per heavy atom. The van der Waals surface area contributed by atoms with E-state index in [0.717, 1.165) is 6.42 Å². The Balaban J connectivity index is 4.40. The molecule has 0 spiro atoms. The van der Waals surface area contributed by atoms with E-state index in [1.165, 1.54) is 11.8 Å². The smallest absolute Gasteiger partial charge is 0.195 e. The van der Waals surface area contributed by atoms with Gasteiger partial charge in [0.1, 0.15) is 0 Å². The molecule has 0 amide bonds. The molecule has 13 heavy (non-hydrogen) atoms. The van der Waals surface area contributed by atoms with Gasteiger partial charge < -0.3 is 0 Å². The van der Waals surface area contributed by atoms with Gasteiger partial charge in [-0.05, 0) is 20.3 Å². The fourth-order valence-corrected chi connectivity index (χ4v) is 1.54. The highest BCUT2D eigenvalue weighted by Crippen LogP contribution is 2.35. The molecule has 0 aliphatic heterocycles. The van der Waals surface area contributed by atoms with Crippen LogP contribution in [0.2, 0.25) is 0 Å². The van der Waals surface area contributed by atoms with Crippen LogP contribution in [0.4, 0.5) is 0 Å². The first-order chi connectivity index (χ1) is 5.75. The predicted molar refractivity (Wildman–Crippen MR) is 60.9 cm³/mol. The SMILES string of the molecule is C=CC(C)(C)SC(=O)C(C)(C)CC. The highest BCUT2D eigenvalue weighted by atomic mass is 32.2. The molecule has 0 fully saturated rings. The lowest BCUT2D eigenvalue weighted by Crippen LogP contribution is -2.25. The van der Waals surface area contributed by atoms with Crippen LogP contribution in [0, 0.1) is 5.41 Å². The van der Waals surface area contributed by atoms with Crippen LogP contribution in [0.1, 0.15) is 41.0 Å². The Labute approximate surface area is 86.0 Å². The summed E-state index contributed by atoms with van der Waals surface area (Å²) in [5.74, 6) is 0. The van der Waals surface area contributed by atoms with E-state index in [1.54, 1.807) is 0 Å². The molecule has 0 rings (SSSR count). The molecule has 0 aromatic carbocycles. The maximum Gasteiger partial charge on any atom is 0.195 e. The molecule has 0 aliphatic carbocycles. The van der Waals surface area contributed by atoms with E-state index in [1.807, 2.05) is 40.7 Å². The summed E-state index contributed by atoms with van der Waals surface area (Å²) in [6.07, 6.45) is 2.70. The first-order valence-corrected chi connectivity index (χ1v) is 5.44. The van der Waals surface area contributed by atoms with Crippen molar-refractivity contribution in [3.63, 3.8) is 0 Å². The van der Waals surface area contributed by atoms with Crippen molar-refractivity contribution in [1.82, 2.24) is 0 Å². The van der Waals surface area contributed by atoms with E-state index in [9.17, 15) is 4.79 Å². The van der Waals surface area contributed by atoms with Gasteiger partial charge in [-0.2, -0.15) is 0 Å². The molecule has 1 nitrogen and oxygen atoms in total. The summed E-state index contributed by atoms with van der Waals surface area (Å²) in [6.45, 7) is 13.8. The third-order valence-corrected chi connectivity index (χ3v) is 3.71. The summed E-state index contributed by atoms with van der Waals surface area (Å²) >= 11 is 1.38. The highest BCUT2D eigenvalue weighted by Gasteiger charge is 2.30. The minimum absolute atomic E-state index is 0.149. The number of thioether (sulfide) groups is 1. The molecule has 0 aromatic rings. The second kappa shape index (κ2) is 4.32. The van der Waals surface area contributed by atoms with E-state index in [-0.39, 0.29) is 15.3 Å². The molecule has 0 radical (unpaired) electrons. The molecular weight excluding hydrogens is 180 g/mol. The van der Waals surface area contributed by atoms with Gasteiger partial charge in [0, 0.05) is 10.2 Å². The molecule has 76 valence electrons. The first kappa shape index (κ1) is 12.8. The van der Waals surface area contributed by atoms with Gasteiger partial charge in [-0.25, -0.2) is 0 Å². The van der Waals surface area contributed by atoms with Gasteiger partial charge in [0.2, 0.25) is 0 Å². The lowest BCUT2D eigenvalue weighted by Gasteiger charge is -2.25. The fraction of sp³-hybridized carbons (Fsp3) is 0.727. The Morgan fingerprint density at radius 2 is 1.85 bits per heavy atom. The van der Waals surface area contributed by atoms with E-state index in [0.29, 0.717) is 0 Å². The lowest BCUT2D eigenvalue weighted by molar-refractivity contribution is -0.118. The molecule has 0 unspecified atom stereocenters. The largest absolute Gasteiger partial charge is 0.287 e. The second-order valence-electron chi connectivity index (χ2n) is 4.43. The van der Waals surface area contributed by atoms with E-state index in [2.05, 4.69) is 6.58 Å². The number of carbonyl (C=O) groups excluding carboxylic acids is 1. The van der Waals surface area contributed by atoms with Crippen molar-refractivity contribution >= 4 is 16.9 Å². The summed E-state index contributed by atoms with van der Waals surface area (Å²) in [6, 6.07) is 0. The summed E-state index contributed by atoms with van der Waals surface area (Å²) in [4.78, 5) is 11.8. The number of hydrogen-bond acceptors (Lipinski definition) is 2. The van der Waals surface area contributed by atoms with Crippen LogP contribution < -0.4 is 0 Å². The summed E-state index contributed by atoms with van der Waals surface area (Å²) < 4.78 is -0.149. The first-order valence-electron chi connectivity index (χ1n) is 4.62. The van der Waals surface area contributed by atoms with Crippen LogP contribution in [-0.2, 0) is 4.79 Å². The molecule has 0 aliphatic rings. The summed E-state index contributed by atoms with van der Waals surface area (Å²) in [7, 11) is 0. The third-order valence-electron chi connectivity index (χ3n) is 2.28. The van der Waals surface area contributed by atoms with Crippen molar-refractivity contribution in [2.45, 2.75) is 45.8 Å². The predicted octanol–water partition coefficient (Wildman–Crippen LogP) is 3.65. The standard InChI is InChI=1S/C11H20OS/c1-7-10(3,4)9(12)13-11(5,6)8-2/h8H,2,7H2,1,3-6H3. The van der Waals surface area contributed by atoms with Gasteiger partial charge in [0.15, 0.2) is 5.12 Å². The monoisotopic (exact) mass is 200 g/mol. The van der Waals surface area contributed by atoms with Crippen molar-refractivity contribution in [1.29, 1.82) is 0 Å². The molecule has 0 atom stereocenters. The van der Waals surface area contributed by atoms with E-state index >= 15 is 0 Å². The van der Waals surface area contributed by atoms with Gasteiger partial charge in [-0.15, -0.1) is 6.58 Å². The van der Waals surface area contributed by atoms with Crippen LogP contribution in [0.5, 0.6) is 0 Å². The van der Waals surface area contributed by atoms with Gasteiger partial charge in [0.05, 0.1) is 0 Å². The average molecular weight is 200 g/mol. The molecule has 0 N–H and O–H groups in total. The molecule has 0 saturated heterocycles. The van der Waals surface area contributed by atoms with Crippen molar-refractivity contribution in [2.24, 2.45) is 5.41 Å². The Bertz CT molecular complexity index is 204. The minimum Gasteiger partial charge on any atom is -0.287 e. The Morgan fingerprint density at radius 1 is 1.38 bits per heavy atom. The van der Waals surface area contributed by atoms with Gasteiger partial charge in [-0.3, -0.25) is 4.79 Å². The normalized spacial score (nSPS) is 12.7. The quantitative estimate of drug-likeness (QED) is 0.644. The molecule has 0 bridgehead atoms. The van der Waals surface area contributed by atoms with Crippen molar-refractivity contribution in [3.8, 4) is 0 Å². The maximum atomic E-state index is 11.8.